The predicted molar refractivity (Wildman–Crippen MR) is 130 cm³/mol. The van der Waals surface area contributed by atoms with Crippen LogP contribution < -0.4 is 0 Å². The Morgan fingerprint density at radius 1 is 1.00 bits per heavy atom. The zero-order chi connectivity index (χ0) is 23.5. The van der Waals surface area contributed by atoms with E-state index < -0.39 is 12.6 Å². The van der Waals surface area contributed by atoms with Crippen LogP contribution in [-0.4, -0.2) is 33.1 Å². The zero-order valence-corrected chi connectivity index (χ0v) is 20.2. The van der Waals surface area contributed by atoms with E-state index in [0.29, 0.717) is 22.0 Å². The van der Waals surface area contributed by atoms with Crippen molar-refractivity contribution in [1.29, 1.82) is 0 Å². The number of hydrogen-bond acceptors (Lipinski definition) is 5. The van der Waals surface area contributed by atoms with Crippen LogP contribution in [0.15, 0.2) is 71.2 Å². The summed E-state index contributed by atoms with van der Waals surface area (Å²) in [7, 11) is 0. The number of benzene rings is 3. The normalized spacial score (nSPS) is 10.8. The molecule has 0 aliphatic carbocycles. The maximum Gasteiger partial charge on any atom is 0.378 e. The minimum absolute atomic E-state index is 0.146. The molecule has 8 heteroatoms. The molecular formula is C25H19BrClN3O3. The number of ketones is 1. The van der Waals surface area contributed by atoms with E-state index >= 15 is 0 Å². The second kappa shape index (κ2) is 9.68. The van der Waals surface area contributed by atoms with Gasteiger partial charge in [-0.3, -0.25) is 4.79 Å². The second-order valence-electron chi connectivity index (χ2n) is 7.46. The number of carbonyl (C=O) groups is 2. The van der Waals surface area contributed by atoms with E-state index in [1.54, 1.807) is 47.1 Å². The quantitative estimate of drug-likeness (QED) is 0.228. The summed E-state index contributed by atoms with van der Waals surface area (Å²) in [5.74, 6) is -0.815. The van der Waals surface area contributed by atoms with Gasteiger partial charge in [0, 0.05) is 20.6 Å². The van der Waals surface area contributed by atoms with Gasteiger partial charge in [-0.15, -0.1) is 5.10 Å². The SMILES string of the molecule is Cc1ccc(-n2nc(C(=O)OCC(=O)c3ccc(Br)cc3)nc2-c2cccc(Cl)c2)cc1C. The summed E-state index contributed by atoms with van der Waals surface area (Å²) < 4.78 is 7.64. The Bertz CT molecular complexity index is 1350. The molecule has 0 saturated carbocycles. The third kappa shape index (κ3) is 5.21. The molecule has 0 amide bonds. The highest BCUT2D eigenvalue weighted by Crippen LogP contribution is 2.25. The Balaban J connectivity index is 1.64. The Morgan fingerprint density at radius 3 is 2.45 bits per heavy atom. The number of nitrogens with zero attached hydrogens (tertiary/aromatic N) is 3. The molecule has 6 nitrogen and oxygen atoms in total. The van der Waals surface area contributed by atoms with Crippen LogP contribution in [0.1, 0.15) is 32.1 Å². The second-order valence-corrected chi connectivity index (χ2v) is 8.81. The van der Waals surface area contributed by atoms with Crippen LogP contribution in [-0.2, 0) is 4.74 Å². The average molecular weight is 525 g/mol. The first-order chi connectivity index (χ1) is 15.8. The fourth-order valence-corrected chi connectivity index (χ4v) is 3.62. The number of Topliss-reactive ketones (excluding diaryl/α,β-unsaturated/α-hetero) is 1. The maximum atomic E-state index is 12.7. The fraction of sp³-hybridized carbons (Fsp3) is 0.120. The molecule has 4 rings (SSSR count). The van der Waals surface area contributed by atoms with Gasteiger partial charge in [0.15, 0.2) is 18.2 Å². The molecule has 0 aliphatic rings. The first-order valence-electron chi connectivity index (χ1n) is 10.1. The molecule has 33 heavy (non-hydrogen) atoms. The highest BCUT2D eigenvalue weighted by Gasteiger charge is 2.21. The summed E-state index contributed by atoms with van der Waals surface area (Å²) in [6.45, 7) is 3.60. The van der Waals surface area contributed by atoms with E-state index in [4.69, 9.17) is 16.3 Å². The van der Waals surface area contributed by atoms with Gasteiger partial charge >= 0.3 is 5.97 Å². The summed E-state index contributed by atoms with van der Waals surface area (Å²) in [4.78, 5) is 29.5. The van der Waals surface area contributed by atoms with Crippen LogP contribution in [0.3, 0.4) is 0 Å². The van der Waals surface area contributed by atoms with E-state index in [2.05, 4.69) is 26.0 Å². The molecule has 0 atom stereocenters. The molecule has 0 spiro atoms. The predicted octanol–water partition coefficient (Wildman–Crippen LogP) is 6.01. The number of ether oxygens (including phenoxy) is 1. The highest BCUT2D eigenvalue weighted by molar-refractivity contribution is 9.10. The minimum Gasteiger partial charge on any atom is -0.451 e. The van der Waals surface area contributed by atoms with E-state index in [9.17, 15) is 9.59 Å². The van der Waals surface area contributed by atoms with Crippen LogP contribution >= 0.6 is 27.5 Å². The third-order valence-corrected chi connectivity index (χ3v) is 5.87. The van der Waals surface area contributed by atoms with Gasteiger partial charge in [-0.2, -0.15) is 0 Å². The third-order valence-electron chi connectivity index (χ3n) is 5.11. The maximum absolute atomic E-state index is 12.7. The lowest BCUT2D eigenvalue weighted by molar-refractivity contribution is 0.0462. The molecule has 0 radical (unpaired) electrons. The smallest absolute Gasteiger partial charge is 0.378 e. The van der Waals surface area contributed by atoms with Crippen LogP contribution in [0.25, 0.3) is 17.1 Å². The van der Waals surface area contributed by atoms with Crippen molar-refractivity contribution in [2.45, 2.75) is 13.8 Å². The van der Waals surface area contributed by atoms with Crippen molar-refractivity contribution >= 4 is 39.3 Å². The lowest BCUT2D eigenvalue weighted by Crippen LogP contribution is -2.15. The highest BCUT2D eigenvalue weighted by atomic mass is 79.9. The van der Waals surface area contributed by atoms with Crippen LogP contribution in [0, 0.1) is 13.8 Å². The van der Waals surface area contributed by atoms with Gasteiger partial charge in [-0.05, 0) is 61.4 Å². The number of halogens is 2. The molecular weight excluding hydrogens is 506 g/mol. The van der Waals surface area contributed by atoms with Crippen LogP contribution in [0.5, 0.6) is 0 Å². The molecule has 166 valence electrons. The number of rotatable bonds is 6. The van der Waals surface area contributed by atoms with Crippen molar-refractivity contribution in [2.75, 3.05) is 6.61 Å². The molecule has 0 saturated heterocycles. The molecule has 4 aromatic rings. The molecule has 0 unspecified atom stereocenters. The zero-order valence-electron chi connectivity index (χ0n) is 17.9. The van der Waals surface area contributed by atoms with Gasteiger partial charge in [-0.1, -0.05) is 57.9 Å². The Morgan fingerprint density at radius 2 is 1.76 bits per heavy atom. The molecule has 1 heterocycles. The molecule has 3 aromatic carbocycles. The fourth-order valence-electron chi connectivity index (χ4n) is 3.17. The van der Waals surface area contributed by atoms with E-state index in [-0.39, 0.29) is 11.6 Å². The lowest BCUT2D eigenvalue weighted by atomic mass is 10.1. The molecule has 0 bridgehead atoms. The Hall–Kier alpha value is -3.29. The molecule has 0 N–H and O–H groups in total. The van der Waals surface area contributed by atoms with E-state index in [1.165, 1.54) is 0 Å². The first kappa shape index (κ1) is 22.9. The van der Waals surface area contributed by atoms with Crippen molar-refractivity contribution in [3.8, 4) is 17.1 Å². The first-order valence-corrected chi connectivity index (χ1v) is 11.3. The van der Waals surface area contributed by atoms with Gasteiger partial charge in [0.2, 0.25) is 0 Å². The van der Waals surface area contributed by atoms with Crippen molar-refractivity contribution < 1.29 is 14.3 Å². The summed E-state index contributed by atoms with van der Waals surface area (Å²) >= 11 is 9.50. The van der Waals surface area contributed by atoms with Crippen LogP contribution in [0.2, 0.25) is 5.02 Å². The summed E-state index contributed by atoms with van der Waals surface area (Å²) in [6, 6.07) is 19.8. The standard InChI is InChI=1S/C25H19BrClN3O3/c1-15-6-11-21(12-16(15)2)30-24(18-4-3-5-20(27)13-18)28-23(29-30)25(32)33-14-22(31)17-7-9-19(26)10-8-17/h3-13H,14H2,1-2H3. The van der Waals surface area contributed by atoms with Crippen molar-refractivity contribution in [1.82, 2.24) is 14.8 Å². The Kier molecular flexibility index (Phi) is 6.72. The van der Waals surface area contributed by atoms with Gasteiger partial charge in [0.1, 0.15) is 0 Å². The van der Waals surface area contributed by atoms with Crippen molar-refractivity contribution in [3.63, 3.8) is 0 Å². The Labute approximate surface area is 204 Å². The number of aryl methyl sites for hydroxylation is 2. The monoisotopic (exact) mass is 523 g/mol. The summed E-state index contributed by atoms with van der Waals surface area (Å²) in [5, 5.41) is 4.92. The van der Waals surface area contributed by atoms with Gasteiger partial charge in [0.25, 0.3) is 5.82 Å². The van der Waals surface area contributed by atoms with E-state index in [0.717, 1.165) is 21.3 Å². The van der Waals surface area contributed by atoms with E-state index in [1.807, 2.05) is 38.1 Å². The lowest BCUT2D eigenvalue weighted by Gasteiger charge is -2.08. The number of carbonyl (C=O) groups excluding carboxylic acids is 2. The number of esters is 1. The molecule has 0 aliphatic heterocycles. The largest absolute Gasteiger partial charge is 0.451 e. The van der Waals surface area contributed by atoms with Gasteiger partial charge < -0.3 is 4.74 Å². The van der Waals surface area contributed by atoms with Crippen LogP contribution in [0.4, 0.5) is 0 Å². The van der Waals surface area contributed by atoms with Crippen molar-refractivity contribution in [2.24, 2.45) is 0 Å². The van der Waals surface area contributed by atoms with Crippen molar-refractivity contribution in [3.05, 3.63) is 98.7 Å². The number of hydrogen-bond donors (Lipinski definition) is 0. The summed E-state index contributed by atoms with van der Waals surface area (Å²) in [6.07, 6.45) is 0. The summed E-state index contributed by atoms with van der Waals surface area (Å²) in [5.41, 5.74) is 4.08. The van der Waals surface area contributed by atoms with Gasteiger partial charge in [-0.25, -0.2) is 14.5 Å². The molecule has 0 fully saturated rings. The minimum atomic E-state index is -0.786. The average Bonchev–Trinajstić information content (AvgIpc) is 3.25. The molecule has 1 aromatic heterocycles. The number of aromatic nitrogens is 3. The van der Waals surface area contributed by atoms with Gasteiger partial charge in [0.05, 0.1) is 5.69 Å². The topological polar surface area (TPSA) is 74.1 Å².